The van der Waals surface area contributed by atoms with Crippen molar-refractivity contribution < 1.29 is 0 Å². The summed E-state index contributed by atoms with van der Waals surface area (Å²) in [7, 11) is 1.80. The van der Waals surface area contributed by atoms with E-state index < -0.39 is 0 Å². The van der Waals surface area contributed by atoms with E-state index in [0.29, 0.717) is 5.75 Å². The predicted octanol–water partition coefficient (Wildman–Crippen LogP) is 2.56. The van der Waals surface area contributed by atoms with Gasteiger partial charge in [0.15, 0.2) is 11.0 Å². The van der Waals surface area contributed by atoms with Crippen molar-refractivity contribution in [2.24, 2.45) is 7.05 Å². The minimum absolute atomic E-state index is 0.0671. The van der Waals surface area contributed by atoms with Crippen molar-refractivity contribution in [1.29, 1.82) is 0 Å². The number of thiophene rings is 1. The van der Waals surface area contributed by atoms with Crippen molar-refractivity contribution in [1.82, 2.24) is 29.8 Å². The van der Waals surface area contributed by atoms with Crippen LogP contribution in [0.4, 0.5) is 0 Å². The number of aromatic nitrogens is 6. The number of tetrazole rings is 1. The number of nitrogens with zero attached hydrogens (tertiary/aromatic N) is 6. The van der Waals surface area contributed by atoms with Crippen LogP contribution in [-0.4, -0.2) is 29.8 Å². The lowest BCUT2D eigenvalue weighted by molar-refractivity contribution is 0.540. The van der Waals surface area contributed by atoms with Gasteiger partial charge in [0.1, 0.15) is 4.83 Å². The molecule has 1 aliphatic rings. The second-order valence-corrected chi connectivity index (χ2v) is 8.28. The molecule has 0 saturated heterocycles. The van der Waals surface area contributed by atoms with E-state index in [1.807, 2.05) is 4.68 Å². The predicted molar refractivity (Wildman–Crippen MR) is 99.2 cm³/mol. The highest BCUT2D eigenvalue weighted by atomic mass is 32.2. The van der Waals surface area contributed by atoms with E-state index in [4.69, 9.17) is 4.98 Å². The van der Waals surface area contributed by atoms with Gasteiger partial charge in [0.2, 0.25) is 0 Å². The first-order valence-corrected chi connectivity index (χ1v) is 10.4. The molecule has 3 aromatic heterocycles. The van der Waals surface area contributed by atoms with Gasteiger partial charge in [0.25, 0.3) is 5.56 Å². The first kappa shape index (κ1) is 16.7. The number of unbranched alkanes of at least 4 members (excludes halogenated alkanes) is 1. The van der Waals surface area contributed by atoms with Gasteiger partial charge < -0.3 is 0 Å². The molecule has 0 saturated carbocycles. The normalized spacial score (nSPS) is 13.7. The van der Waals surface area contributed by atoms with Crippen LogP contribution in [0.1, 0.15) is 42.5 Å². The topological polar surface area (TPSA) is 78.5 Å². The van der Waals surface area contributed by atoms with Crippen LogP contribution in [0.5, 0.6) is 0 Å². The van der Waals surface area contributed by atoms with Crippen LogP contribution in [0.3, 0.4) is 0 Å². The highest BCUT2D eigenvalue weighted by Crippen LogP contribution is 2.35. The van der Waals surface area contributed by atoms with Gasteiger partial charge in [-0.25, -0.2) is 9.67 Å². The van der Waals surface area contributed by atoms with E-state index in [1.165, 1.54) is 22.2 Å². The fourth-order valence-corrected chi connectivity index (χ4v) is 5.38. The number of hydrogen-bond donors (Lipinski definition) is 0. The Labute approximate surface area is 153 Å². The largest absolute Gasteiger partial charge is 0.290 e. The molecule has 7 nitrogen and oxygen atoms in total. The molecule has 0 spiro atoms. The van der Waals surface area contributed by atoms with Gasteiger partial charge in [0, 0.05) is 18.5 Å². The maximum absolute atomic E-state index is 12.8. The first-order chi connectivity index (χ1) is 12.2. The Kier molecular flexibility index (Phi) is 4.60. The molecule has 0 unspecified atom stereocenters. The van der Waals surface area contributed by atoms with E-state index in [-0.39, 0.29) is 5.56 Å². The molecule has 25 heavy (non-hydrogen) atoms. The highest BCUT2D eigenvalue weighted by molar-refractivity contribution is 7.98. The molecule has 0 aliphatic heterocycles. The summed E-state index contributed by atoms with van der Waals surface area (Å²) in [4.78, 5) is 19.8. The summed E-state index contributed by atoms with van der Waals surface area (Å²) in [5, 5.41) is 13.5. The fourth-order valence-electron chi connectivity index (χ4n) is 3.17. The zero-order valence-corrected chi connectivity index (χ0v) is 16.0. The third-order valence-corrected chi connectivity index (χ3v) is 6.78. The van der Waals surface area contributed by atoms with Crippen LogP contribution >= 0.6 is 23.1 Å². The van der Waals surface area contributed by atoms with Crippen LogP contribution in [0, 0.1) is 0 Å². The Balaban J connectivity index is 1.61. The molecule has 0 N–H and O–H groups in total. The summed E-state index contributed by atoms with van der Waals surface area (Å²) in [6.45, 7) is 2.97. The molecule has 4 rings (SSSR count). The van der Waals surface area contributed by atoms with Crippen molar-refractivity contribution in [3.8, 4) is 0 Å². The van der Waals surface area contributed by atoms with Crippen molar-refractivity contribution in [2.45, 2.75) is 56.5 Å². The molecular formula is C16H20N6OS2. The summed E-state index contributed by atoms with van der Waals surface area (Å²) >= 11 is 3.20. The second-order valence-electron chi connectivity index (χ2n) is 6.26. The molecule has 9 heteroatoms. The molecule has 0 radical (unpaired) electrons. The molecule has 0 atom stereocenters. The van der Waals surface area contributed by atoms with Crippen LogP contribution in [0.2, 0.25) is 0 Å². The van der Waals surface area contributed by atoms with Crippen LogP contribution in [0.25, 0.3) is 10.2 Å². The molecule has 0 amide bonds. The number of aryl methyl sites for hydroxylation is 3. The van der Waals surface area contributed by atoms with Gasteiger partial charge in [-0.15, -0.1) is 16.4 Å². The molecular weight excluding hydrogens is 356 g/mol. The SMILES string of the molecule is CCCCn1nnnc1CSc1nc2sc3c(c2c(=O)n1C)CCC3. The summed E-state index contributed by atoms with van der Waals surface area (Å²) in [5.74, 6) is 1.43. The number of hydrogen-bond acceptors (Lipinski definition) is 7. The lowest BCUT2D eigenvalue weighted by Crippen LogP contribution is -2.20. The number of thioether (sulfide) groups is 1. The Morgan fingerprint density at radius 2 is 2.20 bits per heavy atom. The van der Waals surface area contributed by atoms with E-state index in [9.17, 15) is 4.79 Å². The molecule has 0 aromatic carbocycles. The second kappa shape index (κ2) is 6.87. The average molecular weight is 377 g/mol. The van der Waals surface area contributed by atoms with Gasteiger partial charge in [0.05, 0.1) is 11.1 Å². The fraction of sp³-hybridized carbons (Fsp3) is 0.562. The van der Waals surface area contributed by atoms with Gasteiger partial charge >= 0.3 is 0 Å². The van der Waals surface area contributed by atoms with E-state index in [0.717, 1.165) is 59.8 Å². The minimum Gasteiger partial charge on any atom is -0.290 e. The van der Waals surface area contributed by atoms with Gasteiger partial charge in [-0.3, -0.25) is 9.36 Å². The van der Waals surface area contributed by atoms with Crippen molar-refractivity contribution >= 4 is 33.3 Å². The molecule has 3 aromatic rings. The average Bonchev–Trinajstić information content (AvgIpc) is 3.30. The Morgan fingerprint density at radius 1 is 1.32 bits per heavy atom. The highest BCUT2D eigenvalue weighted by Gasteiger charge is 2.22. The third-order valence-electron chi connectivity index (χ3n) is 4.57. The van der Waals surface area contributed by atoms with Gasteiger partial charge in [-0.05, 0) is 41.7 Å². The summed E-state index contributed by atoms with van der Waals surface area (Å²) in [5.41, 5.74) is 1.30. The maximum Gasteiger partial charge on any atom is 0.262 e. The number of rotatable bonds is 6. The molecule has 1 aliphatic carbocycles. The van der Waals surface area contributed by atoms with Gasteiger partial charge in [-0.1, -0.05) is 25.1 Å². The monoisotopic (exact) mass is 376 g/mol. The smallest absolute Gasteiger partial charge is 0.262 e. The van der Waals surface area contributed by atoms with Crippen LogP contribution in [0.15, 0.2) is 9.95 Å². The summed E-state index contributed by atoms with van der Waals surface area (Å²) in [6.07, 6.45) is 5.38. The van der Waals surface area contributed by atoms with E-state index >= 15 is 0 Å². The zero-order valence-electron chi connectivity index (χ0n) is 14.4. The summed E-state index contributed by atoms with van der Waals surface area (Å²) < 4.78 is 3.51. The first-order valence-electron chi connectivity index (χ1n) is 8.58. The molecule has 0 fully saturated rings. The Bertz CT molecular complexity index is 973. The van der Waals surface area contributed by atoms with Crippen molar-refractivity contribution in [3.05, 3.63) is 26.6 Å². The van der Waals surface area contributed by atoms with E-state index in [2.05, 4.69) is 22.4 Å². The summed E-state index contributed by atoms with van der Waals surface area (Å²) in [6, 6.07) is 0. The van der Waals surface area contributed by atoms with E-state index in [1.54, 1.807) is 23.0 Å². The van der Waals surface area contributed by atoms with Crippen LogP contribution in [-0.2, 0) is 32.2 Å². The van der Waals surface area contributed by atoms with Gasteiger partial charge in [-0.2, -0.15) is 0 Å². The Morgan fingerprint density at radius 3 is 3.04 bits per heavy atom. The third kappa shape index (κ3) is 2.99. The lowest BCUT2D eigenvalue weighted by Gasteiger charge is -2.07. The van der Waals surface area contributed by atoms with Crippen molar-refractivity contribution in [2.75, 3.05) is 0 Å². The minimum atomic E-state index is 0.0671. The van der Waals surface area contributed by atoms with Crippen molar-refractivity contribution in [3.63, 3.8) is 0 Å². The number of fused-ring (bicyclic) bond motifs is 3. The molecule has 0 bridgehead atoms. The molecule has 3 heterocycles. The zero-order chi connectivity index (χ0) is 17.4. The van der Waals surface area contributed by atoms with Crippen LogP contribution < -0.4 is 5.56 Å². The Hall–Kier alpha value is -1.74. The standard InChI is InChI=1S/C16H20N6OS2/c1-3-4-8-22-12(18-19-20-22)9-24-16-17-14-13(15(23)21(16)2)10-6-5-7-11(10)25-14/h3-9H2,1-2H3. The lowest BCUT2D eigenvalue weighted by atomic mass is 10.2. The maximum atomic E-state index is 12.8. The quantitative estimate of drug-likeness (QED) is 0.486. The molecule has 132 valence electrons.